The van der Waals surface area contributed by atoms with E-state index in [1.807, 2.05) is 12.1 Å². The van der Waals surface area contributed by atoms with E-state index in [4.69, 9.17) is 9.47 Å². The molecule has 1 spiro atoms. The van der Waals surface area contributed by atoms with Crippen molar-refractivity contribution < 1.29 is 19.1 Å². The molecular formula is C31H41N3O4. The number of nitrogens with zero attached hydrogens (tertiary/aromatic N) is 2. The maximum absolute atomic E-state index is 13.9. The highest BCUT2D eigenvalue weighted by molar-refractivity contribution is 5.78. The predicted octanol–water partition coefficient (Wildman–Crippen LogP) is 4.75. The number of nitrogens with one attached hydrogen (secondary N) is 1. The third-order valence-corrected chi connectivity index (χ3v) is 9.24. The van der Waals surface area contributed by atoms with Gasteiger partial charge >= 0.3 is 12.0 Å². The van der Waals surface area contributed by atoms with Gasteiger partial charge in [0.1, 0.15) is 5.75 Å². The van der Waals surface area contributed by atoms with Crippen LogP contribution >= 0.6 is 0 Å². The molecule has 2 aliphatic carbocycles. The van der Waals surface area contributed by atoms with Crippen LogP contribution in [0.2, 0.25) is 0 Å². The predicted molar refractivity (Wildman–Crippen MR) is 147 cm³/mol. The molecule has 0 bridgehead atoms. The number of esters is 1. The second kappa shape index (κ2) is 11.4. The van der Waals surface area contributed by atoms with Gasteiger partial charge in [-0.25, -0.2) is 4.79 Å². The number of hydrogen-bond donors (Lipinski definition) is 1. The summed E-state index contributed by atoms with van der Waals surface area (Å²) in [4.78, 5) is 30.0. The molecule has 2 aromatic carbocycles. The van der Waals surface area contributed by atoms with Crippen molar-refractivity contribution in [1.29, 1.82) is 0 Å². The number of amides is 2. The average molecular weight is 520 g/mol. The Kier molecular flexibility index (Phi) is 7.93. The Morgan fingerprint density at radius 1 is 1.00 bits per heavy atom. The van der Waals surface area contributed by atoms with Gasteiger partial charge in [0, 0.05) is 31.6 Å². The van der Waals surface area contributed by atoms with Crippen LogP contribution in [-0.2, 0) is 21.5 Å². The second-order valence-corrected chi connectivity index (χ2v) is 11.4. The summed E-state index contributed by atoms with van der Waals surface area (Å²) in [5.41, 5.74) is 2.22. The molecule has 2 aromatic rings. The fourth-order valence-corrected chi connectivity index (χ4v) is 6.62. The zero-order chi connectivity index (χ0) is 26.6. The van der Waals surface area contributed by atoms with Gasteiger partial charge in [0.05, 0.1) is 26.3 Å². The van der Waals surface area contributed by atoms with Crippen LogP contribution in [0.3, 0.4) is 0 Å². The summed E-state index contributed by atoms with van der Waals surface area (Å²) in [6, 6.07) is 18.9. The summed E-state index contributed by atoms with van der Waals surface area (Å²) >= 11 is 0. The van der Waals surface area contributed by atoms with Crippen molar-refractivity contribution in [3.05, 3.63) is 65.7 Å². The zero-order valence-electron chi connectivity index (χ0n) is 22.8. The first kappa shape index (κ1) is 26.5. The lowest BCUT2D eigenvalue weighted by molar-refractivity contribution is -0.139. The smallest absolute Gasteiger partial charge is 0.320 e. The van der Waals surface area contributed by atoms with E-state index in [1.165, 1.54) is 31.9 Å². The highest BCUT2D eigenvalue weighted by Crippen LogP contribution is 2.49. The quantitative estimate of drug-likeness (QED) is 0.459. The number of hydrogen-bond acceptors (Lipinski definition) is 5. The lowest BCUT2D eigenvalue weighted by Gasteiger charge is -2.49. The summed E-state index contributed by atoms with van der Waals surface area (Å²) in [7, 11) is 3.09. The van der Waals surface area contributed by atoms with Gasteiger partial charge in [-0.3, -0.25) is 4.79 Å². The van der Waals surface area contributed by atoms with E-state index in [9.17, 15) is 9.59 Å². The van der Waals surface area contributed by atoms with E-state index in [0.29, 0.717) is 19.0 Å². The van der Waals surface area contributed by atoms with E-state index < -0.39 is 0 Å². The molecule has 7 heteroatoms. The van der Waals surface area contributed by atoms with Crippen LogP contribution < -0.4 is 10.1 Å². The number of urea groups is 1. The maximum Gasteiger partial charge on any atom is 0.320 e. The summed E-state index contributed by atoms with van der Waals surface area (Å²) in [5.74, 6) is 1.21. The Hall–Kier alpha value is -3.06. The molecule has 0 aromatic heterocycles. The summed E-state index contributed by atoms with van der Waals surface area (Å²) in [6.07, 6.45) is 7.58. The second-order valence-electron chi connectivity index (χ2n) is 11.4. The van der Waals surface area contributed by atoms with Crippen molar-refractivity contribution in [2.24, 2.45) is 5.92 Å². The lowest BCUT2D eigenvalue weighted by Crippen LogP contribution is -2.55. The SMILES string of the molecule is COC(=O)CNCC1(c2ccccc2)CCC2(CC1)CN(Cc1ccc(OC)cc1)C(=O)N2CC1CCC1. The fraction of sp³-hybridized carbons (Fsp3) is 0.548. The monoisotopic (exact) mass is 519 g/mol. The minimum atomic E-state index is -0.247. The number of carbonyl (C=O) groups is 2. The number of benzene rings is 2. The average Bonchev–Trinajstić information content (AvgIpc) is 3.18. The third kappa shape index (κ3) is 5.39. The third-order valence-electron chi connectivity index (χ3n) is 9.24. The van der Waals surface area contributed by atoms with Gasteiger partial charge in [-0.05, 0) is 67.7 Å². The first-order chi connectivity index (χ1) is 18.5. The summed E-state index contributed by atoms with van der Waals surface area (Å²) in [6.45, 7) is 3.19. The largest absolute Gasteiger partial charge is 0.497 e. The Balaban J connectivity index is 1.35. The van der Waals surface area contributed by atoms with Gasteiger partial charge in [-0.1, -0.05) is 48.9 Å². The molecule has 3 fully saturated rings. The first-order valence-electron chi connectivity index (χ1n) is 14.0. The summed E-state index contributed by atoms with van der Waals surface area (Å²) < 4.78 is 10.2. The van der Waals surface area contributed by atoms with Gasteiger partial charge in [0.25, 0.3) is 0 Å². The molecule has 1 N–H and O–H groups in total. The fourth-order valence-electron chi connectivity index (χ4n) is 6.62. The maximum atomic E-state index is 13.9. The molecule has 0 radical (unpaired) electrons. The molecule has 5 rings (SSSR count). The molecule has 204 valence electrons. The standard InChI is InChI=1S/C31H41N3O4/c1-37-27-13-11-25(12-14-27)20-33-23-31(34(29(33)36)21-24-7-6-8-24)17-15-30(16-18-31,22-32-19-28(35)38-2)26-9-4-3-5-10-26/h3-5,9-14,24,32H,6-8,15-23H2,1-2H3. The van der Waals surface area contributed by atoms with E-state index in [1.54, 1.807) is 7.11 Å². The minimum absolute atomic E-state index is 0.0743. The molecule has 1 aliphatic heterocycles. The molecular weight excluding hydrogens is 478 g/mol. The van der Waals surface area contributed by atoms with Crippen LogP contribution in [0, 0.1) is 5.92 Å². The molecule has 2 saturated carbocycles. The van der Waals surface area contributed by atoms with E-state index in [0.717, 1.165) is 50.1 Å². The molecule has 1 heterocycles. The molecule has 0 atom stereocenters. The van der Waals surface area contributed by atoms with Gasteiger partial charge in [0.15, 0.2) is 0 Å². The van der Waals surface area contributed by atoms with Gasteiger partial charge in [-0.15, -0.1) is 0 Å². The topological polar surface area (TPSA) is 71.1 Å². The molecule has 7 nitrogen and oxygen atoms in total. The highest BCUT2D eigenvalue weighted by atomic mass is 16.5. The van der Waals surface area contributed by atoms with Crippen molar-refractivity contribution in [2.45, 2.75) is 62.4 Å². The molecule has 38 heavy (non-hydrogen) atoms. The Bertz CT molecular complexity index is 1090. The number of carbonyl (C=O) groups excluding carboxylic acids is 2. The van der Waals surface area contributed by atoms with Crippen LogP contribution in [0.1, 0.15) is 56.1 Å². The Labute approximate surface area is 226 Å². The van der Waals surface area contributed by atoms with Crippen molar-refractivity contribution >= 4 is 12.0 Å². The van der Waals surface area contributed by atoms with Crippen molar-refractivity contribution in [3.63, 3.8) is 0 Å². The number of ether oxygens (including phenoxy) is 2. The van der Waals surface area contributed by atoms with Crippen LogP contribution in [-0.4, -0.2) is 67.7 Å². The molecule has 0 unspecified atom stereocenters. The van der Waals surface area contributed by atoms with Crippen LogP contribution in [0.4, 0.5) is 4.79 Å². The van der Waals surface area contributed by atoms with Gasteiger partial charge in [-0.2, -0.15) is 0 Å². The van der Waals surface area contributed by atoms with E-state index in [-0.39, 0.29) is 29.5 Å². The van der Waals surface area contributed by atoms with Crippen LogP contribution in [0.5, 0.6) is 5.75 Å². The van der Waals surface area contributed by atoms with Crippen molar-refractivity contribution in [2.75, 3.05) is 40.4 Å². The van der Waals surface area contributed by atoms with E-state index in [2.05, 4.69) is 57.6 Å². The minimum Gasteiger partial charge on any atom is -0.497 e. The molecule has 1 saturated heterocycles. The number of rotatable bonds is 10. The summed E-state index contributed by atoms with van der Waals surface area (Å²) in [5, 5.41) is 3.37. The van der Waals surface area contributed by atoms with Crippen LogP contribution in [0.25, 0.3) is 0 Å². The van der Waals surface area contributed by atoms with Gasteiger partial charge < -0.3 is 24.6 Å². The highest BCUT2D eigenvalue weighted by Gasteiger charge is 2.54. The first-order valence-corrected chi connectivity index (χ1v) is 14.0. The normalized spacial score (nSPS) is 25.5. The van der Waals surface area contributed by atoms with Gasteiger partial charge in [0.2, 0.25) is 0 Å². The Morgan fingerprint density at radius 3 is 2.32 bits per heavy atom. The number of methoxy groups -OCH3 is 2. The van der Waals surface area contributed by atoms with Crippen LogP contribution in [0.15, 0.2) is 54.6 Å². The van der Waals surface area contributed by atoms with Crippen molar-refractivity contribution in [3.8, 4) is 5.75 Å². The lowest BCUT2D eigenvalue weighted by atomic mass is 9.63. The Morgan fingerprint density at radius 2 is 1.71 bits per heavy atom. The van der Waals surface area contributed by atoms with E-state index >= 15 is 0 Å². The zero-order valence-corrected chi connectivity index (χ0v) is 22.8. The van der Waals surface area contributed by atoms with Crippen molar-refractivity contribution in [1.82, 2.24) is 15.1 Å². The molecule has 3 aliphatic rings. The molecule has 2 amide bonds.